The highest BCUT2D eigenvalue weighted by molar-refractivity contribution is 5.80. The molecule has 0 radical (unpaired) electrons. The summed E-state index contributed by atoms with van der Waals surface area (Å²) in [7, 11) is 0. The standard InChI is InChI=1S/C14H19N3O2/c1-4-15-14(2,3)13-16-9-7-11-12(8-10(9)17-13)19-6-5-18-11/h7-8,15H,4-6H2,1-3H3,(H,16,17). The number of benzene rings is 1. The predicted molar refractivity (Wildman–Crippen MR) is 73.8 cm³/mol. The van der Waals surface area contributed by atoms with Crippen molar-refractivity contribution in [3.8, 4) is 11.5 Å². The molecule has 0 amide bonds. The lowest BCUT2D eigenvalue weighted by molar-refractivity contribution is 0.172. The number of aromatic nitrogens is 2. The van der Waals surface area contributed by atoms with Gasteiger partial charge >= 0.3 is 0 Å². The molecule has 0 spiro atoms. The molecule has 1 aliphatic rings. The first-order valence-corrected chi connectivity index (χ1v) is 6.65. The van der Waals surface area contributed by atoms with Gasteiger partial charge in [0.2, 0.25) is 0 Å². The van der Waals surface area contributed by atoms with Crippen molar-refractivity contribution in [2.75, 3.05) is 19.8 Å². The zero-order chi connectivity index (χ0) is 13.5. The second kappa shape index (κ2) is 4.42. The maximum atomic E-state index is 5.59. The average Bonchev–Trinajstić information content (AvgIpc) is 2.79. The van der Waals surface area contributed by atoms with Gasteiger partial charge < -0.3 is 19.8 Å². The zero-order valence-corrected chi connectivity index (χ0v) is 11.5. The number of fused-ring (bicyclic) bond motifs is 2. The highest BCUT2D eigenvalue weighted by Gasteiger charge is 2.24. The summed E-state index contributed by atoms with van der Waals surface area (Å²) in [4.78, 5) is 8.02. The van der Waals surface area contributed by atoms with Gasteiger partial charge in [-0.05, 0) is 20.4 Å². The molecule has 19 heavy (non-hydrogen) atoms. The van der Waals surface area contributed by atoms with E-state index in [1.807, 2.05) is 12.1 Å². The van der Waals surface area contributed by atoms with Crippen molar-refractivity contribution in [3.05, 3.63) is 18.0 Å². The lowest BCUT2D eigenvalue weighted by Crippen LogP contribution is -2.37. The largest absolute Gasteiger partial charge is 0.486 e. The van der Waals surface area contributed by atoms with Gasteiger partial charge in [0.1, 0.15) is 19.0 Å². The van der Waals surface area contributed by atoms with E-state index in [4.69, 9.17) is 9.47 Å². The fraction of sp³-hybridized carbons (Fsp3) is 0.500. The van der Waals surface area contributed by atoms with Crippen LogP contribution in [0.4, 0.5) is 0 Å². The first-order chi connectivity index (χ1) is 9.10. The van der Waals surface area contributed by atoms with Crippen LogP contribution in [-0.4, -0.2) is 29.7 Å². The van der Waals surface area contributed by atoms with Gasteiger partial charge in [-0.2, -0.15) is 0 Å². The molecule has 2 aromatic rings. The van der Waals surface area contributed by atoms with Crippen molar-refractivity contribution in [2.45, 2.75) is 26.3 Å². The van der Waals surface area contributed by atoms with E-state index in [0.717, 1.165) is 34.9 Å². The van der Waals surface area contributed by atoms with Crippen LogP contribution in [0.15, 0.2) is 12.1 Å². The Morgan fingerprint density at radius 2 is 1.95 bits per heavy atom. The van der Waals surface area contributed by atoms with Gasteiger partial charge in [-0.3, -0.25) is 0 Å². The fourth-order valence-electron chi connectivity index (χ4n) is 2.37. The molecule has 102 valence electrons. The van der Waals surface area contributed by atoms with Crippen LogP contribution in [0.1, 0.15) is 26.6 Å². The third kappa shape index (κ3) is 2.14. The molecule has 1 aromatic carbocycles. The molecule has 5 heteroatoms. The minimum Gasteiger partial charge on any atom is -0.486 e. The number of nitrogens with one attached hydrogen (secondary N) is 2. The molecule has 0 unspecified atom stereocenters. The van der Waals surface area contributed by atoms with Gasteiger partial charge in [0.15, 0.2) is 11.5 Å². The Labute approximate surface area is 112 Å². The van der Waals surface area contributed by atoms with Crippen molar-refractivity contribution in [2.24, 2.45) is 0 Å². The number of hydrogen-bond donors (Lipinski definition) is 2. The zero-order valence-electron chi connectivity index (χ0n) is 11.5. The monoisotopic (exact) mass is 261 g/mol. The van der Waals surface area contributed by atoms with Crippen molar-refractivity contribution >= 4 is 11.0 Å². The molecule has 0 saturated carbocycles. The molecule has 0 aliphatic carbocycles. The molecule has 2 N–H and O–H groups in total. The third-order valence-electron chi connectivity index (χ3n) is 3.36. The van der Waals surface area contributed by atoms with Crippen LogP contribution >= 0.6 is 0 Å². The van der Waals surface area contributed by atoms with Gasteiger partial charge in [-0.25, -0.2) is 4.98 Å². The number of imidazole rings is 1. The van der Waals surface area contributed by atoms with E-state index in [9.17, 15) is 0 Å². The average molecular weight is 261 g/mol. The Hall–Kier alpha value is -1.75. The number of hydrogen-bond acceptors (Lipinski definition) is 4. The van der Waals surface area contributed by atoms with E-state index in [1.165, 1.54) is 0 Å². The van der Waals surface area contributed by atoms with Gasteiger partial charge in [-0.15, -0.1) is 0 Å². The van der Waals surface area contributed by atoms with Gasteiger partial charge in [-0.1, -0.05) is 6.92 Å². The minimum atomic E-state index is -0.185. The van der Waals surface area contributed by atoms with E-state index in [0.29, 0.717) is 13.2 Å². The summed E-state index contributed by atoms with van der Waals surface area (Å²) >= 11 is 0. The smallest absolute Gasteiger partial charge is 0.163 e. The maximum Gasteiger partial charge on any atom is 0.163 e. The second-order valence-corrected chi connectivity index (χ2v) is 5.25. The predicted octanol–water partition coefficient (Wildman–Crippen LogP) is 2.18. The van der Waals surface area contributed by atoms with Crippen molar-refractivity contribution in [1.29, 1.82) is 0 Å². The number of rotatable bonds is 3. The molecule has 5 nitrogen and oxygen atoms in total. The summed E-state index contributed by atoms with van der Waals surface area (Å²) < 4.78 is 11.2. The highest BCUT2D eigenvalue weighted by Crippen LogP contribution is 2.34. The lowest BCUT2D eigenvalue weighted by Gasteiger charge is -2.22. The number of ether oxygens (including phenoxy) is 2. The number of aromatic amines is 1. The van der Waals surface area contributed by atoms with Gasteiger partial charge in [0.25, 0.3) is 0 Å². The molecule has 1 aromatic heterocycles. The SMILES string of the molecule is CCNC(C)(C)c1nc2cc3c(cc2[nH]1)OCCO3. The van der Waals surface area contributed by atoms with E-state index in [1.54, 1.807) is 0 Å². The molecule has 0 atom stereocenters. The van der Waals surface area contributed by atoms with E-state index in [2.05, 4.69) is 36.1 Å². The number of nitrogens with zero attached hydrogens (tertiary/aromatic N) is 1. The number of H-pyrrole nitrogens is 1. The first kappa shape index (κ1) is 12.3. The Bertz CT molecular complexity index is 561. The quantitative estimate of drug-likeness (QED) is 0.889. The molecule has 0 bridgehead atoms. The Kier molecular flexibility index (Phi) is 2.86. The van der Waals surface area contributed by atoms with Crippen LogP contribution in [0.3, 0.4) is 0 Å². The minimum absolute atomic E-state index is 0.185. The molecule has 1 aliphatic heterocycles. The van der Waals surface area contributed by atoms with Crippen LogP contribution in [0.25, 0.3) is 11.0 Å². The molecular formula is C14H19N3O2. The molecular weight excluding hydrogens is 242 g/mol. The fourth-order valence-corrected chi connectivity index (χ4v) is 2.37. The van der Waals surface area contributed by atoms with Crippen LogP contribution < -0.4 is 14.8 Å². The lowest BCUT2D eigenvalue weighted by atomic mass is 10.1. The van der Waals surface area contributed by atoms with Gasteiger partial charge in [0.05, 0.1) is 16.6 Å². The van der Waals surface area contributed by atoms with Crippen LogP contribution in [0.5, 0.6) is 11.5 Å². The third-order valence-corrected chi connectivity index (χ3v) is 3.36. The van der Waals surface area contributed by atoms with E-state index in [-0.39, 0.29) is 5.54 Å². The molecule has 0 fully saturated rings. The van der Waals surface area contributed by atoms with E-state index < -0.39 is 0 Å². The van der Waals surface area contributed by atoms with Crippen molar-refractivity contribution in [1.82, 2.24) is 15.3 Å². The van der Waals surface area contributed by atoms with Crippen LogP contribution in [0, 0.1) is 0 Å². The highest BCUT2D eigenvalue weighted by atomic mass is 16.6. The van der Waals surface area contributed by atoms with Gasteiger partial charge in [0, 0.05) is 12.1 Å². The summed E-state index contributed by atoms with van der Waals surface area (Å²) in [5, 5.41) is 3.41. The van der Waals surface area contributed by atoms with Crippen molar-refractivity contribution < 1.29 is 9.47 Å². The maximum absolute atomic E-state index is 5.59. The molecule has 2 heterocycles. The van der Waals surface area contributed by atoms with E-state index >= 15 is 0 Å². The van der Waals surface area contributed by atoms with Crippen molar-refractivity contribution in [3.63, 3.8) is 0 Å². The molecule has 3 rings (SSSR count). The second-order valence-electron chi connectivity index (χ2n) is 5.25. The summed E-state index contributed by atoms with van der Waals surface area (Å²) in [6.45, 7) is 8.40. The topological polar surface area (TPSA) is 59.2 Å². The summed E-state index contributed by atoms with van der Waals surface area (Å²) in [6, 6.07) is 3.90. The Morgan fingerprint density at radius 1 is 1.26 bits per heavy atom. The molecule has 0 saturated heterocycles. The Morgan fingerprint density at radius 3 is 2.63 bits per heavy atom. The summed E-state index contributed by atoms with van der Waals surface area (Å²) in [5.74, 6) is 2.49. The normalized spacial score (nSPS) is 14.9. The Balaban J connectivity index is 2.05. The van der Waals surface area contributed by atoms with Crippen LogP contribution in [0.2, 0.25) is 0 Å². The first-order valence-electron chi connectivity index (χ1n) is 6.65. The summed E-state index contributed by atoms with van der Waals surface area (Å²) in [6.07, 6.45) is 0. The van der Waals surface area contributed by atoms with Crippen LogP contribution in [-0.2, 0) is 5.54 Å². The summed E-state index contributed by atoms with van der Waals surface area (Å²) in [5.41, 5.74) is 1.70.